The van der Waals surface area contributed by atoms with Crippen LogP contribution in [-0.2, 0) is 21.5 Å². The highest BCUT2D eigenvalue weighted by Crippen LogP contribution is 2.38. The van der Waals surface area contributed by atoms with Gasteiger partial charge in [-0.15, -0.1) is 0 Å². The third-order valence-electron chi connectivity index (χ3n) is 6.09. The molecule has 0 saturated carbocycles. The van der Waals surface area contributed by atoms with E-state index in [0.717, 1.165) is 24.3 Å². The first-order chi connectivity index (χ1) is 18.5. The average Bonchev–Trinajstić information content (AvgIpc) is 3.27. The summed E-state index contributed by atoms with van der Waals surface area (Å²) in [7, 11) is 0. The molecule has 6 nitrogen and oxygen atoms in total. The van der Waals surface area contributed by atoms with Gasteiger partial charge < -0.3 is 20.1 Å². The molecule has 0 aromatic heterocycles. The second kappa shape index (κ2) is 11.3. The van der Waals surface area contributed by atoms with E-state index in [1.807, 2.05) is 0 Å². The molecule has 1 aliphatic rings. The third-order valence-corrected chi connectivity index (χ3v) is 6.09. The lowest BCUT2D eigenvalue weighted by Crippen LogP contribution is -2.54. The maximum atomic E-state index is 14.8. The average molecular weight is 552 g/mol. The highest BCUT2D eigenvalue weighted by molar-refractivity contribution is 5.85. The van der Waals surface area contributed by atoms with Gasteiger partial charge in [0.15, 0.2) is 0 Å². The molecule has 0 aliphatic carbocycles. The molecule has 3 aromatic rings. The molecule has 1 heterocycles. The van der Waals surface area contributed by atoms with Crippen LogP contribution in [0.1, 0.15) is 23.1 Å². The van der Waals surface area contributed by atoms with E-state index in [0.29, 0.717) is 11.6 Å². The number of carbonyl (C=O) groups is 2. The second-order valence-corrected chi connectivity index (χ2v) is 8.82. The van der Waals surface area contributed by atoms with Crippen LogP contribution in [0.4, 0.5) is 31.1 Å². The van der Waals surface area contributed by atoms with Gasteiger partial charge in [-0.25, -0.2) is 18.4 Å². The lowest BCUT2D eigenvalue weighted by atomic mass is 9.77. The number of ether oxygens (including phenoxy) is 2. The summed E-state index contributed by atoms with van der Waals surface area (Å²) in [5.74, 6) is -3.37. The van der Waals surface area contributed by atoms with Gasteiger partial charge in [-0.05, 0) is 41.0 Å². The summed E-state index contributed by atoms with van der Waals surface area (Å²) in [6.07, 6.45) is -9.08. The minimum Gasteiger partial charge on any atom is -0.464 e. The monoisotopic (exact) mass is 552 g/mol. The minimum atomic E-state index is -4.93. The summed E-state index contributed by atoms with van der Waals surface area (Å²) < 4.78 is 90.7. The van der Waals surface area contributed by atoms with Crippen LogP contribution >= 0.6 is 0 Å². The maximum absolute atomic E-state index is 14.8. The Morgan fingerprint density at radius 2 is 1.67 bits per heavy atom. The molecule has 2 atom stereocenters. The largest absolute Gasteiger partial charge is 0.464 e. The normalized spacial score (nSPS) is 16.9. The molecule has 1 saturated heterocycles. The number of esters is 1. The van der Waals surface area contributed by atoms with Gasteiger partial charge in [0.1, 0.15) is 23.4 Å². The van der Waals surface area contributed by atoms with Crippen LogP contribution in [0.3, 0.4) is 0 Å². The predicted molar refractivity (Wildman–Crippen MR) is 126 cm³/mol. The molecular weight excluding hydrogens is 530 g/mol. The Labute approximate surface area is 218 Å². The van der Waals surface area contributed by atoms with E-state index < -0.39 is 53.5 Å². The number of hydrogen-bond donors (Lipinski definition) is 2. The summed E-state index contributed by atoms with van der Waals surface area (Å²) in [5.41, 5.74) is -1.20. The van der Waals surface area contributed by atoms with Crippen molar-refractivity contribution >= 4 is 12.0 Å². The topological polar surface area (TPSA) is 76.7 Å². The standard InChI is InChI=1S/C27H22F6N2O4/c28-19-8-6-17(7-9-19)26(15-16-4-2-1-3-5-16,35-25(37)34-22-10-11-38-23(22)36)18-12-20(29)14-21(13-18)39-27(32,33)24(30)31/h1-9,12-14,22,24H,10-11,15H2,(H2,34,35,37)/t22-,26-/m1/s1. The van der Waals surface area contributed by atoms with E-state index in [9.17, 15) is 35.9 Å². The number of amides is 2. The van der Waals surface area contributed by atoms with Gasteiger partial charge in [-0.3, -0.25) is 0 Å². The fourth-order valence-electron chi connectivity index (χ4n) is 4.28. The molecule has 0 radical (unpaired) electrons. The lowest BCUT2D eigenvalue weighted by Gasteiger charge is -2.37. The van der Waals surface area contributed by atoms with Gasteiger partial charge in [-0.1, -0.05) is 42.5 Å². The van der Waals surface area contributed by atoms with Crippen LogP contribution in [-0.4, -0.2) is 37.2 Å². The van der Waals surface area contributed by atoms with E-state index >= 15 is 0 Å². The molecular formula is C27H22F6N2O4. The van der Waals surface area contributed by atoms with Gasteiger partial charge in [0.25, 0.3) is 0 Å². The van der Waals surface area contributed by atoms with Crippen molar-refractivity contribution in [1.29, 1.82) is 0 Å². The van der Waals surface area contributed by atoms with Gasteiger partial charge >= 0.3 is 24.5 Å². The molecule has 4 rings (SSSR count). The molecule has 0 unspecified atom stereocenters. The number of urea groups is 1. The Bertz CT molecular complexity index is 1320. The Hall–Kier alpha value is -4.22. The number of cyclic esters (lactones) is 1. The van der Waals surface area contributed by atoms with Gasteiger partial charge in [0.2, 0.25) is 0 Å². The van der Waals surface area contributed by atoms with E-state index in [4.69, 9.17) is 4.74 Å². The first-order valence-electron chi connectivity index (χ1n) is 11.7. The van der Waals surface area contributed by atoms with Crippen molar-refractivity contribution in [3.05, 3.63) is 101 Å². The van der Waals surface area contributed by atoms with Crippen molar-refractivity contribution in [2.24, 2.45) is 0 Å². The molecule has 3 aromatic carbocycles. The predicted octanol–water partition coefficient (Wildman–Crippen LogP) is 5.30. The summed E-state index contributed by atoms with van der Waals surface area (Å²) in [6, 6.07) is 13.6. The third kappa shape index (κ3) is 6.44. The molecule has 39 heavy (non-hydrogen) atoms. The van der Waals surface area contributed by atoms with Crippen LogP contribution in [0.25, 0.3) is 0 Å². The zero-order chi connectivity index (χ0) is 28.2. The van der Waals surface area contributed by atoms with Crippen LogP contribution in [0.2, 0.25) is 0 Å². The summed E-state index contributed by atoms with van der Waals surface area (Å²) in [5, 5.41) is 5.14. The van der Waals surface area contributed by atoms with Crippen LogP contribution in [0, 0.1) is 11.6 Å². The first-order valence-corrected chi connectivity index (χ1v) is 11.7. The SMILES string of the molecule is O=C(N[C@@H]1CCOC1=O)N[C@](Cc1ccccc1)(c1ccc(F)cc1)c1cc(F)cc(OC(F)(F)C(F)F)c1. The minimum absolute atomic E-state index is 0.0832. The second-order valence-electron chi connectivity index (χ2n) is 8.82. The molecule has 0 spiro atoms. The van der Waals surface area contributed by atoms with E-state index in [1.165, 1.54) is 12.1 Å². The smallest absolute Gasteiger partial charge is 0.461 e. The Balaban J connectivity index is 1.86. The van der Waals surface area contributed by atoms with Crippen molar-refractivity contribution in [3.8, 4) is 5.75 Å². The molecule has 2 N–H and O–H groups in total. The Morgan fingerprint density at radius 3 is 2.28 bits per heavy atom. The van der Waals surface area contributed by atoms with Crippen molar-refractivity contribution in [2.45, 2.75) is 37.0 Å². The van der Waals surface area contributed by atoms with Gasteiger partial charge in [-0.2, -0.15) is 17.6 Å². The molecule has 206 valence electrons. The number of benzene rings is 3. The fraction of sp³-hybridized carbons (Fsp3) is 0.259. The zero-order valence-electron chi connectivity index (χ0n) is 20.1. The highest BCUT2D eigenvalue weighted by atomic mass is 19.3. The quantitative estimate of drug-likeness (QED) is 0.279. The van der Waals surface area contributed by atoms with Crippen LogP contribution in [0.5, 0.6) is 5.75 Å². The Morgan fingerprint density at radius 1 is 0.974 bits per heavy atom. The van der Waals surface area contributed by atoms with Gasteiger partial charge in [0, 0.05) is 18.9 Å². The van der Waals surface area contributed by atoms with Crippen LogP contribution < -0.4 is 15.4 Å². The number of nitrogens with one attached hydrogen (secondary N) is 2. The number of carbonyl (C=O) groups excluding carboxylic acids is 2. The maximum Gasteiger partial charge on any atom is 0.461 e. The number of hydrogen-bond acceptors (Lipinski definition) is 4. The van der Waals surface area contributed by atoms with Crippen molar-refractivity contribution in [3.63, 3.8) is 0 Å². The number of alkyl halides is 4. The van der Waals surface area contributed by atoms with Crippen LogP contribution in [0.15, 0.2) is 72.8 Å². The Kier molecular flexibility index (Phi) is 8.03. The molecule has 1 aliphatic heterocycles. The highest BCUT2D eigenvalue weighted by Gasteiger charge is 2.45. The zero-order valence-corrected chi connectivity index (χ0v) is 20.1. The number of halogens is 6. The van der Waals surface area contributed by atoms with E-state index in [2.05, 4.69) is 15.4 Å². The van der Waals surface area contributed by atoms with E-state index in [-0.39, 0.29) is 30.6 Å². The van der Waals surface area contributed by atoms with Crippen molar-refractivity contribution in [1.82, 2.24) is 10.6 Å². The molecule has 12 heteroatoms. The molecule has 0 bridgehead atoms. The molecule has 1 fully saturated rings. The number of rotatable bonds is 9. The van der Waals surface area contributed by atoms with Crippen molar-refractivity contribution in [2.75, 3.05) is 6.61 Å². The first kappa shape index (κ1) is 27.8. The summed E-state index contributed by atoms with van der Waals surface area (Å²) in [6.45, 7) is 0.0832. The summed E-state index contributed by atoms with van der Waals surface area (Å²) in [4.78, 5) is 25.1. The molecule has 2 amide bonds. The van der Waals surface area contributed by atoms with E-state index in [1.54, 1.807) is 30.3 Å². The summed E-state index contributed by atoms with van der Waals surface area (Å²) >= 11 is 0. The van der Waals surface area contributed by atoms with Crippen molar-refractivity contribution < 1.29 is 45.4 Å². The lowest BCUT2D eigenvalue weighted by molar-refractivity contribution is -0.253. The fourth-order valence-corrected chi connectivity index (χ4v) is 4.28. The van der Waals surface area contributed by atoms with Gasteiger partial charge in [0.05, 0.1) is 12.1 Å².